The van der Waals surface area contributed by atoms with Crippen LogP contribution >= 0.6 is 23.1 Å². The highest BCUT2D eigenvalue weighted by atomic mass is 32.2. The van der Waals surface area contributed by atoms with Gasteiger partial charge in [-0.05, 0) is 43.9 Å². The number of aryl methyl sites for hydroxylation is 1. The van der Waals surface area contributed by atoms with E-state index in [1.54, 1.807) is 6.92 Å². The van der Waals surface area contributed by atoms with E-state index in [1.165, 1.54) is 41.5 Å². The van der Waals surface area contributed by atoms with Gasteiger partial charge < -0.3 is 4.74 Å². The van der Waals surface area contributed by atoms with Gasteiger partial charge in [0.2, 0.25) is 5.13 Å². The number of esters is 1. The van der Waals surface area contributed by atoms with Gasteiger partial charge in [0.15, 0.2) is 4.34 Å². The fourth-order valence-electron chi connectivity index (χ4n) is 2.53. The summed E-state index contributed by atoms with van der Waals surface area (Å²) in [6.45, 7) is 6.24. The van der Waals surface area contributed by atoms with Crippen molar-refractivity contribution in [1.82, 2.24) is 10.2 Å². The van der Waals surface area contributed by atoms with Gasteiger partial charge in [0.05, 0.1) is 6.61 Å². The average Bonchev–Trinajstić information content (AvgIpc) is 3.14. The Morgan fingerprint density at radius 1 is 1.14 bits per heavy atom. The summed E-state index contributed by atoms with van der Waals surface area (Å²) in [5.41, 5.74) is 1.82. The minimum atomic E-state index is -0.322. The van der Waals surface area contributed by atoms with E-state index in [2.05, 4.69) is 22.4 Å². The van der Waals surface area contributed by atoms with E-state index < -0.39 is 0 Å². The first kappa shape index (κ1) is 22.4. The minimum Gasteiger partial charge on any atom is -0.465 e. The van der Waals surface area contributed by atoms with E-state index in [1.807, 2.05) is 31.2 Å². The number of rotatable bonds is 11. The Bertz CT molecular complexity index is 762. The van der Waals surface area contributed by atoms with Crippen LogP contribution in [0.1, 0.15) is 62.4 Å². The summed E-state index contributed by atoms with van der Waals surface area (Å²) in [5.74, 6) is -0.472. The number of unbranched alkanes of at least 4 members (excludes halogenated alkanes) is 2. The van der Waals surface area contributed by atoms with Crippen molar-refractivity contribution in [3.8, 4) is 0 Å². The molecule has 8 heteroatoms. The lowest BCUT2D eigenvalue weighted by Crippen LogP contribution is -2.19. The first-order chi connectivity index (χ1) is 13.6. The van der Waals surface area contributed by atoms with Crippen LogP contribution in [0, 0.1) is 0 Å². The van der Waals surface area contributed by atoms with Gasteiger partial charge in [-0.25, -0.2) is 0 Å². The fourth-order valence-corrected chi connectivity index (χ4v) is 4.45. The molecule has 152 valence electrons. The maximum atomic E-state index is 12.4. The van der Waals surface area contributed by atoms with Gasteiger partial charge in [-0.15, -0.1) is 10.2 Å². The van der Waals surface area contributed by atoms with E-state index in [-0.39, 0.29) is 17.1 Å². The highest BCUT2D eigenvalue weighted by Crippen LogP contribution is 2.31. The first-order valence-electron chi connectivity index (χ1n) is 9.64. The Morgan fingerprint density at radius 2 is 1.89 bits per heavy atom. The predicted octanol–water partition coefficient (Wildman–Crippen LogP) is 4.96. The highest BCUT2D eigenvalue weighted by Gasteiger charge is 2.21. The lowest BCUT2D eigenvalue weighted by atomic mass is 10.1. The molecule has 2 aromatic rings. The largest absolute Gasteiger partial charge is 0.465 e. The van der Waals surface area contributed by atoms with Crippen LogP contribution in [0.2, 0.25) is 0 Å². The molecule has 0 spiro atoms. The molecule has 0 aliphatic heterocycles. The van der Waals surface area contributed by atoms with E-state index in [0.717, 1.165) is 12.8 Å². The zero-order chi connectivity index (χ0) is 20.4. The summed E-state index contributed by atoms with van der Waals surface area (Å²) in [6, 6.07) is 7.66. The molecule has 1 aromatic carbocycles. The van der Waals surface area contributed by atoms with Crippen LogP contribution in [-0.2, 0) is 16.0 Å². The molecule has 0 unspecified atom stereocenters. The molecule has 0 saturated carbocycles. The fraction of sp³-hybridized carbons (Fsp3) is 0.500. The van der Waals surface area contributed by atoms with Gasteiger partial charge in [0.25, 0.3) is 5.91 Å². The van der Waals surface area contributed by atoms with Crippen molar-refractivity contribution < 1.29 is 14.3 Å². The summed E-state index contributed by atoms with van der Waals surface area (Å²) >= 11 is 2.56. The van der Waals surface area contributed by atoms with Gasteiger partial charge in [0.1, 0.15) is 5.25 Å². The van der Waals surface area contributed by atoms with Crippen molar-refractivity contribution in [1.29, 1.82) is 0 Å². The number of hydrogen-bond donors (Lipinski definition) is 1. The Labute approximate surface area is 174 Å². The zero-order valence-electron chi connectivity index (χ0n) is 16.6. The van der Waals surface area contributed by atoms with Gasteiger partial charge in [0, 0.05) is 5.56 Å². The number of hydrogen-bond acceptors (Lipinski definition) is 7. The van der Waals surface area contributed by atoms with Crippen molar-refractivity contribution in [2.75, 3.05) is 11.9 Å². The molecule has 6 nitrogen and oxygen atoms in total. The first-order valence-corrected chi connectivity index (χ1v) is 11.3. The van der Waals surface area contributed by atoms with Crippen LogP contribution in [0.5, 0.6) is 0 Å². The molecule has 2 rings (SSSR count). The second-order valence-corrected chi connectivity index (χ2v) is 8.68. The number of nitrogens with one attached hydrogen (secondary N) is 1. The van der Waals surface area contributed by atoms with Crippen LogP contribution in [0.3, 0.4) is 0 Å². The van der Waals surface area contributed by atoms with Crippen LogP contribution in [0.4, 0.5) is 5.13 Å². The van der Waals surface area contributed by atoms with Crippen LogP contribution < -0.4 is 5.32 Å². The summed E-state index contributed by atoms with van der Waals surface area (Å²) in [4.78, 5) is 24.3. The molecule has 1 atom stereocenters. The summed E-state index contributed by atoms with van der Waals surface area (Å²) in [5, 5.41) is 10.9. The molecule has 28 heavy (non-hydrogen) atoms. The number of benzene rings is 1. The van der Waals surface area contributed by atoms with Gasteiger partial charge in [-0.1, -0.05) is 61.9 Å². The number of nitrogens with zero attached hydrogens (tertiary/aromatic N) is 2. The SMILES string of the molecule is CCCCCc1ccc(C(=O)Nc2nnc(S[C@H](CC)C(=O)OCC)s2)cc1. The molecule has 0 saturated heterocycles. The van der Waals surface area contributed by atoms with Crippen molar-refractivity contribution in [2.45, 2.75) is 62.5 Å². The van der Waals surface area contributed by atoms with Gasteiger partial charge in [-0.2, -0.15) is 0 Å². The van der Waals surface area contributed by atoms with Gasteiger partial charge >= 0.3 is 5.97 Å². The Hall–Kier alpha value is -1.93. The molecule has 1 N–H and O–H groups in total. The topological polar surface area (TPSA) is 81.2 Å². The number of anilines is 1. The molecule has 0 fully saturated rings. The molecule has 1 aromatic heterocycles. The minimum absolute atomic E-state index is 0.217. The van der Waals surface area contributed by atoms with E-state index >= 15 is 0 Å². The van der Waals surface area contributed by atoms with Crippen molar-refractivity contribution in [3.05, 3.63) is 35.4 Å². The average molecular weight is 422 g/mol. The zero-order valence-corrected chi connectivity index (χ0v) is 18.2. The second kappa shape index (κ2) is 11.8. The molecular formula is C20H27N3O3S2. The summed E-state index contributed by atoms with van der Waals surface area (Å²) in [6.07, 6.45) is 5.25. The number of ether oxygens (including phenoxy) is 1. The molecular weight excluding hydrogens is 394 g/mol. The third-order valence-electron chi connectivity index (χ3n) is 4.08. The predicted molar refractivity (Wildman–Crippen MR) is 114 cm³/mol. The molecule has 1 heterocycles. The smallest absolute Gasteiger partial charge is 0.319 e. The molecule has 0 bridgehead atoms. The third-order valence-corrected chi connectivity index (χ3v) is 6.34. The maximum absolute atomic E-state index is 12.4. The monoisotopic (exact) mass is 421 g/mol. The lowest BCUT2D eigenvalue weighted by molar-refractivity contribution is -0.142. The standard InChI is InChI=1S/C20H27N3O3S2/c1-4-7-8-9-14-10-12-15(13-11-14)17(24)21-19-22-23-20(28-19)27-16(5-2)18(25)26-6-3/h10-13,16H,4-9H2,1-3H3,(H,21,22,24)/t16-/m1/s1. The molecule has 0 aliphatic rings. The van der Waals surface area contributed by atoms with Crippen LogP contribution in [0.15, 0.2) is 28.6 Å². The Kier molecular flexibility index (Phi) is 9.43. The number of amides is 1. The normalized spacial score (nSPS) is 11.8. The Morgan fingerprint density at radius 3 is 2.54 bits per heavy atom. The number of carbonyl (C=O) groups is 2. The molecule has 0 aliphatic carbocycles. The van der Waals surface area contributed by atoms with Crippen molar-refractivity contribution in [2.24, 2.45) is 0 Å². The quantitative estimate of drug-likeness (QED) is 0.239. The van der Waals surface area contributed by atoms with E-state index in [0.29, 0.717) is 28.1 Å². The van der Waals surface area contributed by atoms with Crippen LogP contribution in [0.25, 0.3) is 0 Å². The molecule has 0 radical (unpaired) electrons. The Balaban J connectivity index is 1.91. The van der Waals surface area contributed by atoms with Crippen molar-refractivity contribution in [3.63, 3.8) is 0 Å². The third kappa shape index (κ3) is 6.91. The number of carbonyl (C=O) groups excluding carboxylic acids is 2. The van der Waals surface area contributed by atoms with Crippen molar-refractivity contribution >= 4 is 40.1 Å². The second-order valence-electron chi connectivity index (χ2n) is 6.25. The van der Waals surface area contributed by atoms with Gasteiger partial charge in [-0.3, -0.25) is 14.9 Å². The highest BCUT2D eigenvalue weighted by molar-refractivity contribution is 8.02. The number of thioether (sulfide) groups is 1. The maximum Gasteiger partial charge on any atom is 0.319 e. The molecule has 1 amide bonds. The summed E-state index contributed by atoms with van der Waals surface area (Å²) < 4.78 is 5.69. The van der Waals surface area contributed by atoms with Crippen LogP contribution in [-0.4, -0.2) is 33.9 Å². The van der Waals surface area contributed by atoms with E-state index in [9.17, 15) is 9.59 Å². The lowest BCUT2D eigenvalue weighted by Gasteiger charge is -2.10. The summed E-state index contributed by atoms with van der Waals surface area (Å²) in [7, 11) is 0. The number of aromatic nitrogens is 2. The van der Waals surface area contributed by atoms with E-state index in [4.69, 9.17) is 4.74 Å².